The number of aromatic amines is 2. The molecule has 48 heteroatoms. The van der Waals surface area contributed by atoms with Crippen molar-refractivity contribution in [2.24, 2.45) is 0 Å². The zero-order valence-corrected chi connectivity index (χ0v) is 45.5. The Labute approximate surface area is 452 Å². The van der Waals surface area contributed by atoms with Crippen molar-refractivity contribution in [3.8, 4) is 0 Å². The normalized spacial score (nSPS) is 24.1. The molecule has 20 N–H and O–H groups in total. The third-order valence-electron chi connectivity index (χ3n) is 10.6. The van der Waals surface area contributed by atoms with Crippen LogP contribution in [0.5, 0.6) is 0 Å². The average Bonchev–Trinajstić information content (AvgIpc) is 3.95. The molecule has 0 bridgehead atoms. The molecule has 2 saturated heterocycles. The van der Waals surface area contributed by atoms with E-state index in [0.29, 0.717) is 0 Å². The smallest absolute Gasteiger partial charge is 0.453 e. The molecule has 0 radical (unpaired) electrons. The van der Waals surface area contributed by atoms with E-state index in [0.717, 1.165) is 21.8 Å². The number of aliphatic hydroxyl groups is 2. The summed E-state index contributed by atoms with van der Waals surface area (Å²) in [5, 5.41) is 22.0. The minimum Gasteiger partial charge on any atom is -0.453 e. The summed E-state index contributed by atoms with van der Waals surface area (Å²) in [5.41, 5.74) is 20.4. The van der Waals surface area contributed by atoms with E-state index in [4.69, 9.17) is 61.5 Å². The Morgan fingerprint density at radius 3 is 1.37 bits per heavy atom. The fourth-order valence-corrected chi connectivity index (χ4v) is 13.4. The first kappa shape index (κ1) is 63.5. The second-order valence-corrected chi connectivity index (χ2v) is 25.2. The molecule has 8 rings (SSSR count). The van der Waals surface area contributed by atoms with Gasteiger partial charge in [0.2, 0.25) is 11.9 Å². The number of nitrogens with two attached hydrogens (primary N) is 4. The number of nitrogens with one attached hydrogen (secondary N) is 2. The van der Waals surface area contributed by atoms with E-state index in [1.165, 1.54) is 42.5 Å². The highest BCUT2D eigenvalue weighted by atomic mass is 31.3. The second-order valence-electron chi connectivity index (χ2n) is 16.3. The summed E-state index contributed by atoms with van der Waals surface area (Å²) >= 11 is 0. The lowest BCUT2D eigenvalue weighted by Gasteiger charge is -2.22. The highest BCUT2D eigenvalue weighted by molar-refractivity contribution is 7.67. The SMILES string of the molecule is Nc1nc2c(ncn2C2OC(COP(=O)(O)OP(=O)(O)OP(=O)(O)O)C(O)C2OC(=O)c2ccccc2N)c(=O)[nH]1.Nc1nc2c(ncn2C2OC(COP(=O)(O)OP(=O)(O)OP(=O)(O)O)C(OC(=O)c3ccccc3N)C2O)c(=O)[nH]1. The Morgan fingerprint density at radius 1 is 0.549 bits per heavy atom. The summed E-state index contributed by atoms with van der Waals surface area (Å²) in [5.74, 6) is -2.72. The number of aliphatic hydroxyl groups excluding tert-OH is 2. The number of benzene rings is 2. The molecule has 0 saturated carbocycles. The van der Waals surface area contributed by atoms with Crippen LogP contribution in [0.15, 0.2) is 70.8 Å². The standard InChI is InChI=1S/2C17H21N6O15P3/c18-8-4-2-1-3-7(8)16(26)36-12-9(5-34-40(30,31)38-41(32,33)37-39(27,28)29)35-15(11(12)24)23-6-20-10-13(23)21-17(19)22-14(10)25;18-8-4-2-1-3-7(8)16(26)36-12-11(24)9(5-34-40(30,31)38-41(32,33)37-39(27,28)29)35-15(12)23-6-20-10-13(23)21-17(19)22-14(10)25/h2*1-4,6,9,11-12,15,24H,5,18H2,(H,30,31)(H,32,33)(H2,27,28,29)(H3,19,21,22,25). The van der Waals surface area contributed by atoms with Crippen molar-refractivity contribution in [1.29, 1.82) is 0 Å². The van der Waals surface area contributed by atoms with Crippen LogP contribution >= 0.6 is 46.9 Å². The summed E-state index contributed by atoms with van der Waals surface area (Å²) in [6.45, 7) is -2.19. The van der Waals surface area contributed by atoms with Gasteiger partial charge in [0.15, 0.2) is 47.0 Å². The van der Waals surface area contributed by atoms with E-state index in [9.17, 15) is 76.4 Å². The molecule has 6 heterocycles. The molecule has 448 valence electrons. The van der Waals surface area contributed by atoms with Gasteiger partial charge < -0.3 is 91.2 Å². The number of hydrogen-bond donors (Lipinski definition) is 16. The Bertz CT molecular complexity index is 3830. The third-order valence-corrected chi connectivity index (χ3v) is 18.2. The van der Waals surface area contributed by atoms with Crippen molar-refractivity contribution in [2.75, 3.05) is 36.1 Å². The number of aromatic nitrogens is 8. The van der Waals surface area contributed by atoms with Gasteiger partial charge >= 0.3 is 58.9 Å². The van der Waals surface area contributed by atoms with Gasteiger partial charge in [-0.25, -0.2) is 46.9 Å². The van der Waals surface area contributed by atoms with Crippen molar-refractivity contribution < 1.29 is 132 Å². The summed E-state index contributed by atoms with van der Waals surface area (Å²) in [6, 6.07) is 11.5. The minimum absolute atomic E-state index is 0.00627. The van der Waals surface area contributed by atoms with Gasteiger partial charge in [0, 0.05) is 11.4 Å². The van der Waals surface area contributed by atoms with Crippen LogP contribution in [0.1, 0.15) is 33.2 Å². The van der Waals surface area contributed by atoms with Gasteiger partial charge in [0.25, 0.3) is 11.1 Å². The molecule has 0 aliphatic carbocycles. The van der Waals surface area contributed by atoms with Gasteiger partial charge in [-0.15, -0.1) is 0 Å². The van der Waals surface area contributed by atoms with Gasteiger partial charge in [-0.3, -0.25) is 37.7 Å². The summed E-state index contributed by atoms with van der Waals surface area (Å²) in [4.78, 5) is 143. The predicted molar refractivity (Wildman–Crippen MR) is 265 cm³/mol. The van der Waals surface area contributed by atoms with E-state index in [2.05, 4.69) is 56.2 Å². The van der Waals surface area contributed by atoms with Crippen LogP contribution in [-0.4, -0.2) is 150 Å². The Morgan fingerprint density at radius 2 is 0.939 bits per heavy atom. The number of rotatable bonds is 20. The van der Waals surface area contributed by atoms with Crippen molar-refractivity contribution in [3.05, 3.63) is 93.0 Å². The largest absolute Gasteiger partial charge is 0.490 e. The molecular formula is C34H42N12O30P6. The van der Waals surface area contributed by atoms with E-state index in [1.54, 1.807) is 6.07 Å². The second kappa shape index (κ2) is 24.3. The van der Waals surface area contributed by atoms with Crippen LogP contribution in [0.4, 0.5) is 23.3 Å². The molecule has 2 aliphatic heterocycles. The fraction of sp³-hybridized carbons (Fsp3) is 0.294. The van der Waals surface area contributed by atoms with Gasteiger partial charge in [0.05, 0.1) is 37.0 Å². The molecule has 42 nitrogen and oxygen atoms in total. The number of para-hydroxylation sites is 2. The van der Waals surface area contributed by atoms with Crippen LogP contribution in [0.2, 0.25) is 0 Å². The quantitative estimate of drug-likeness (QED) is 0.0228. The number of phosphoric acid groups is 6. The number of nitrogen functional groups attached to an aromatic ring is 4. The monoisotopic (exact) mass is 1280 g/mol. The van der Waals surface area contributed by atoms with Crippen molar-refractivity contribution in [2.45, 2.75) is 49.1 Å². The van der Waals surface area contributed by atoms with E-state index in [1.807, 2.05) is 0 Å². The molecule has 4 aromatic heterocycles. The zero-order chi connectivity index (χ0) is 60.7. The van der Waals surface area contributed by atoms with Crippen LogP contribution < -0.4 is 34.1 Å². The number of fused-ring (bicyclic) bond motifs is 2. The molecule has 12 atom stereocenters. The first-order valence-electron chi connectivity index (χ1n) is 21.7. The molecule has 0 amide bonds. The van der Waals surface area contributed by atoms with Crippen LogP contribution in [0.3, 0.4) is 0 Å². The topological polar surface area (TPSA) is 662 Å². The lowest BCUT2D eigenvalue weighted by Crippen LogP contribution is -2.38. The van der Waals surface area contributed by atoms with Crippen LogP contribution in [-0.2, 0) is 72.6 Å². The Hall–Kier alpha value is -6.06. The maximum atomic E-state index is 12.9. The van der Waals surface area contributed by atoms with Crippen molar-refractivity contribution >= 4 is 104 Å². The number of H-pyrrole nitrogens is 2. The number of imidazole rings is 2. The van der Waals surface area contributed by atoms with Crippen molar-refractivity contribution in [1.82, 2.24) is 39.0 Å². The highest BCUT2D eigenvalue weighted by Crippen LogP contribution is 2.67. The molecule has 2 aliphatic rings. The van der Waals surface area contributed by atoms with E-state index < -0.39 is 132 Å². The maximum absolute atomic E-state index is 12.9. The summed E-state index contributed by atoms with van der Waals surface area (Å²) < 4.78 is 117. The Balaban J connectivity index is 0.000000236. The number of phosphoric ester groups is 2. The molecular weight excluding hydrogens is 1240 g/mol. The molecule has 2 fully saturated rings. The molecule has 6 aromatic rings. The lowest BCUT2D eigenvalue weighted by atomic mass is 10.1. The third kappa shape index (κ3) is 15.8. The maximum Gasteiger partial charge on any atom is 0.490 e. The first-order chi connectivity index (χ1) is 37.9. The summed E-state index contributed by atoms with van der Waals surface area (Å²) in [6.07, 6.45) is -11.2. The van der Waals surface area contributed by atoms with Crippen molar-refractivity contribution in [3.63, 3.8) is 0 Å². The number of carbonyl (C=O) groups is 2. The van der Waals surface area contributed by atoms with Gasteiger partial charge in [0.1, 0.15) is 24.4 Å². The molecule has 12 unspecified atom stereocenters. The average molecular weight is 1280 g/mol. The number of ether oxygens (including phenoxy) is 4. The first-order valence-corrected chi connectivity index (χ1v) is 30.8. The van der Waals surface area contributed by atoms with Gasteiger partial charge in [-0.2, -0.15) is 27.2 Å². The Kier molecular flexibility index (Phi) is 18.8. The van der Waals surface area contributed by atoms with Gasteiger partial charge in [-0.1, -0.05) is 24.3 Å². The number of nitrogens with zero attached hydrogens (tertiary/aromatic N) is 6. The van der Waals surface area contributed by atoms with Crippen LogP contribution in [0.25, 0.3) is 22.3 Å². The fourth-order valence-electron chi connectivity index (χ4n) is 7.38. The lowest BCUT2D eigenvalue weighted by molar-refractivity contribution is -0.0557. The van der Waals surface area contributed by atoms with E-state index in [-0.39, 0.29) is 56.7 Å². The minimum atomic E-state index is -5.84. The highest BCUT2D eigenvalue weighted by Gasteiger charge is 2.52. The van der Waals surface area contributed by atoms with Gasteiger partial charge in [-0.05, 0) is 24.3 Å². The number of carbonyl (C=O) groups excluding carboxylic acids is 2. The number of hydrogen-bond acceptors (Lipinski definition) is 30. The molecule has 0 spiro atoms. The predicted octanol–water partition coefficient (Wildman–Crippen LogP) is -1.78. The van der Waals surface area contributed by atoms with Crippen LogP contribution in [0, 0.1) is 0 Å². The number of esters is 2. The zero-order valence-electron chi connectivity index (χ0n) is 40.1. The number of anilines is 4. The molecule has 82 heavy (non-hydrogen) atoms. The van der Waals surface area contributed by atoms with E-state index >= 15 is 0 Å². The summed E-state index contributed by atoms with van der Waals surface area (Å²) in [7, 11) is -34.2. The molecule has 2 aromatic carbocycles.